The van der Waals surface area contributed by atoms with Crippen molar-refractivity contribution >= 4 is 21.6 Å². The molecule has 1 aromatic heterocycles. The van der Waals surface area contributed by atoms with Crippen molar-refractivity contribution in [3.63, 3.8) is 0 Å². The number of rotatable bonds is 6. The Bertz CT molecular complexity index is 1020. The summed E-state index contributed by atoms with van der Waals surface area (Å²) < 4.78 is 32.3. The molecule has 0 radical (unpaired) electrons. The van der Waals surface area contributed by atoms with Crippen LogP contribution in [0.25, 0.3) is 11.5 Å². The van der Waals surface area contributed by atoms with E-state index in [1.807, 2.05) is 45.0 Å². The number of nitrogens with zero attached hydrogens (tertiary/aromatic N) is 1. The fourth-order valence-corrected chi connectivity index (χ4v) is 4.91. The van der Waals surface area contributed by atoms with Gasteiger partial charge in [-0.25, -0.2) is 8.42 Å². The summed E-state index contributed by atoms with van der Waals surface area (Å²) in [5, 5.41) is 0.559. The zero-order valence-electron chi connectivity index (χ0n) is 15.9. The van der Waals surface area contributed by atoms with Crippen molar-refractivity contribution in [2.24, 2.45) is 0 Å². The van der Waals surface area contributed by atoms with Crippen molar-refractivity contribution in [1.82, 2.24) is 4.98 Å². The van der Waals surface area contributed by atoms with E-state index in [0.717, 1.165) is 23.1 Å². The number of oxazole rings is 1. The molecule has 0 bridgehead atoms. The molecule has 0 aliphatic carbocycles. The van der Waals surface area contributed by atoms with Crippen LogP contribution in [0.3, 0.4) is 0 Å². The summed E-state index contributed by atoms with van der Waals surface area (Å²) in [5.74, 6) is 0.325. The quantitative estimate of drug-likeness (QED) is 0.497. The van der Waals surface area contributed by atoms with Gasteiger partial charge >= 0.3 is 0 Å². The van der Waals surface area contributed by atoms with Gasteiger partial charge < -0.3 is 4.42 Å². The van der Waals surface area contributed by atoms with Crippen LogP contribution in [0.15, 0.2) is 68.0 Å². The minimum absolute atomic E-state index is 0.00720. The zero-order chi connectivity index (χ0) is 19.6. The van der Waals surface area contributed by atoms with E-state index in [4.69, 9.17) is 4.42 Å². The monoisotopic (exact) mass is 401 g/mol. The minimum atomic E-state index is -3.76. The second-order valence-electron chi connectivity index (χ2n) is 6.63. The highest BCUT2D eigenvalue weighted by molar-refractivity contribution is 8.00. The van der Waals surface area contributed by atoms with Gasteiger partial charge in [-0.05, 0) is 44.5 Å². The molecule has 3 rings (SSSR count). The van der Waals surface area contributed by atoms with Crippen LogP contribution in [-0.4, -0.2) is 18.7 Å². The van der Waals surface area contributed by atoms with Gasteiger partial charge in [0, 0.05) is 10.8 Å². The molecule has 1 heterocycles. The van der Waals surface area contributed by atoms with Gasteiger partial charge in [-0.2, -0.15) is 4.98 Å². The van der Waals surface area contributed by atoms with Gasteiger partial charge in [0.25, 0.3) is 0 Å². The predicted molar refractivity (Wildman–Crippen MR) is 109 cm³/mol. The lowest BCUT2D eigenvalue weighted by Gasteiger charge is -2.07. The highest BCUT2D eigenvalue weighted by Crippen LogP contribution is 2.37. The van der Waals surface area contributed by atoms with Crippen LogP contribution >= 0.6 is 11.8 Å². The zero-order valence-corrected chi connectivity index (χ0v) is 17.5. The topological polar surface area (TPSA) is 60.2 Å². The molecular formula is C21H23NO3S2. The molecule has 3 aromatic rings. The summed E-state index contributed by atoms with van der Waals surface area (Å²) >= 11 is 1.41. The van der Waals surface area contributed by atoms with Crippen molar-refractivity contribution in [1.29, 1.82) is 0 Å². The number of hydrogen-bond acceptors (Lipinski definition) is 5. The van der Waals surface area contributed by atoms with Crippen LogP contribution in [0.4, 0.5) is 0 Å². The van der Waals surface area contributed by atoms with E-state index in [1.165, 1.54) is 11.8 Å². The van der Waals surface area contributed by atoms with Gasteiger partial charge in [0.2, 0.25) is 25.8 Å². The van der Waals surface area contributed by atoms with Crippen molar-refractivity contribution in [2.45, 2.75) is 54.4 Å². The molecule has 2 aromatic carbocycles. The van der Waals surface area contributed by atoms with Crippen LogP contribution in [0, 0.1) is 13.8 Å². The van der Waals surface area contributed by atoms with E-state index in [2.05, 4.69) is 11.9 Å². The molecule has 0 aliphatic rings. The highest BCUT2D eigenvalue weighted by atomic mass is 32.2. The van der Waals surface area contributed by atoms with Gasteiger partial charge in [-0.15, -0.1) is 0 Å². The van der Waals surface area contributed by atoms with E-state index in [9.17, 15) is 8.42 Å². The van der Waals surface area contributed by atoms with Crippen LogP contribution in [-0.2, 0) is 9.84 Å². The smallest absolute Gasteiger partial charge is 0.228 e. The third-order valence-corrected chi connectivity index (χ3v) is 7.37. The number of aromatic nitrogens is 1. The maximum absolute atomic E-state index is 13.2. The lowest BCUT2D eigenvalue weighted by atomic mass is 10.1. The maximum Gasteiger partial charge on any atom is 0.228 e. The van der Waals surface area contributed by atoms with E-state index < -0.39 is 9.84 Å². The second-order valence-corrected chi connectivity index (χ2v) is 9.91. The summed E-state index contributed by atoms with van der Waals surface area (Å²) in [5.41, 5.74) is 2.88. The summed E-state index contributed by atoms with van der Waals surface area (Å²) in [6.07, 6.45) is 0.898. The van der Waals surface area contributed by atoms with Gasteiger partial charge in [0.15, 0.2) is 0 Å². The Morgan fingerprint density at radius 1 is 1.00 bits per heavy atom. The average molecular weight is 402 g/mol. The summed E-state index contributed by atoms with van der Waals surface area (Å²) in [7, 11) is -3.76. The summed E-state index contributed by atoms with van der Waals surface area (Å²) in [6, 6.07) is 14.5. The Kier molecular flexibility index (Phi) is 5.77. The first kappa shape index (κ1) is 19.7. The van der Waals surface area contributed by atoms with E-state index in [1.54, 1.807) is 24.3 Å². The van der Waals surface area contributed by atoms with Gasteiger partial charge in [-0.3, -0.25) is 0 Å². The van der Waals surface area contributed by atoms with Crippen molar-refractivity contribution in [3.05, 3.63) is 59.7 Å². The molecule has 0 aliphatic heterocycles. The van der Waals surface area contributed by atoms with E-state index in [0.29, 0.717) is 11.0 Å². The Morgan fingerprint density at radius 2 is 1.56 bits per heavy atom. The van der Waals surface area contributed by atoms with Crippen LogP contribution < -0.4 is 0 Å². The molecule has 142 valence electrons. The molecule has 6 heteroatoms. The first-order valence-electron chi connectivity index (χ1n) is 8.87. The Balaban J connectivity index is 2.11. The van der Waals surface area contributed by atoms with Gasteiger partial charge in [0.1, 0.15) is 0 Å². The van der Waals surface area contributed by atoms with Gasteiger partial charge in [-0.1, -0.05) is 61.0 Å². The van der Waals surface area contributed by atoms with E-state index >= 15 is 0 Å². The van der Waals surface area contributed by atoms with Gasteiger partial charge in [0.05, 0.1) is 4.90 Å². The van der Waals surface area contributed by atoms with Crippen molar-refractivity contribution < 1.29 is 12.8 Å². The normalized spacial score (nSPS) is 12.9. The largest absolute Gasteiger partial charge is 0.428 e. The average Bonchev–Trinajstić information content (AvgIpc) is 3.07. The molecule has 0 spiro atoms. The minimum Gasteiger partial charge on any atom is -0.428 e. The number of hydrogen-bond donors (Lipinski definition) is 0. The third kappa shape index (κ3) is 4.28. The molecule has 4 nitrogen and oxygen atoms in total. The Labute approximate surface area is 164 Å². The number of benzene rings is 2. The first-order chi connectivity index (χ1) is 12.8. The second kappa shape index (κ2) is 7.90. The van der Waals surface area contributed by atoms with E-state index in [-0.39, 0.29) is 15.2 Å². The lowest BCUT2D eigenvalue weighted by molar-refractivity contribution is 0.469. The molecule has 0 N–H and O–H groups in total. The molecule has 1 atom stereocenters. The highest BCUT2D eigenvalue weighted by Gasteiger charge is 2.29. The molecule has 0 amide bonds. The maximum atomic E-state index is 13.2. The summed E-state index contributed by atoms with van der Waals surface area (Å²) in [4.78, 5) is 4.62. The van der Waals surface area contributed by atoms with Crippen molar-refractivity contribution in [3.8, 4) is 11.5 Å². The third-order valence-electron chi connectivity index (χ3n) is 4.33. The Hall–Kier alpha value is -2.05. The predicted octanol–water partition coefficient (Wildman–Crippen LogP) is 5.68. The SMILES string of the molecule is CC[C@@H](C)Sc1oc(-c2ccc(C)cc2)nc1S(=O)(=O)c1ccc(C)cc1. The molecular weight excluding hydrogens is 378 g/mol. The number of thioether (sulfide) groups is 1. The van der Waals surface area contributed by atoms with Crippen LogP contribution in [0.5, 0.6) is 0 Å². The fraction of sp³-hybridized carbons (Fsp3) is 0.286. The standard InChI is InChI=1S/C21H23NO3S2/c1-5-16(4)26-21-20(27(23,24)18-12-8-15(3)9-13-18)22-19(25-21)17-10-6-14(2)7-11-17/h6-13,16H,5H2,1-4H3/t16-/m1/s1. The summed E-state index contributed by atoms with van der Waals surface area (Å²) in [6.45, 7) is 8.02. The fourth-order valence-electron chi connectivity index (χ4n) is 2.45. The molecule has 27 heavy (non-hydrogen) atoms. The van der Waals surface area contributed by atoms with Crippen LogP contribution in [0.1, 0.15) is 31.4 Å². The lowest BCUT2D eigenvalue weighted by Crippen LogP contribution is -2.05. The molecule has 0 unspecified atom stereocenters. The molecule has 0 fully saturated rings. The molecule has 0 saturated carbocycles. The number of sulfone groups is 1. The number of aryl methyl sites for hydroxylation is 2. The molecule has 0 saturated heterocycles. The van der Waals surface area contributed by atoms with Crippen molar-refractivity contribution in [2.75, 3.05) is 0 Å². The first-order valence-corrected chi connectivity index (χ1v) is 11.2. The Morgan fingerprint density at radius 3 is 2.11 bits per heavy atom. The van der Waals surface area contributed by atoms with Crippen LogP contribution in [0.2, 0.25) is 0 Å².